The van der Waals surface area contributed by atoms with Crippen molar-refractivity contribution in [3.63, 3.8) is 0 Å². The molecule has 1 aliphatic carbocycles. The van der Waals surface area contributed by atoms with E-state index in [1.807, 2.05) is 0 Å². The Labute approximate surface area is 170 Å². The molecule has 0 amide bonds. The van der Waals surface area contributed by atoms with Gasteiger partial charge in [-0.2, -0.15) is 4.98 Å². The zero-order chi connectivity index (χ0) is 21.3. The number of nitrogens with one attached hydrogen (secondary N) is 2. The minimum Gasteiger partial charge on any atom is -0.406 e. The lowest BCUT2D eigenvalue weighted by atomic mass is 10.1. The van der Waals surface area contributed by atoms with E-state index in [-0.39, 0.29) is 17.6 Å². The minimum absolute atomic E-state index is 0.279. The summed E-state index contributed by atoms with van der Waals surface area (Å²) >= 11 is 0. The van der Waals surface area contributed by atoms with Crippen molar-refractivity contribution in [2.45, 2.75) is 32.2 Å². The van der Waals surface area contributed by atoms with E-state index in [2.05, 4.69) is 25.3 Å². The summed E-state index contributed by atoms with van der Waals surface area (Å²) in [7, 11) is 0. The van der Waals surface area contributed by atoms with Gasteiger partial charge in [0.2, 0.25) is 5.95 Å². The fourth-order valence-electron chi connectivity index (χ4n) is 2.86. The summed E-state index contributed by atoms with van der Waals surface area (Å²) in [5.74, 6) is 0.134. The second kappa shape index (κ2) is 7.81. The van der Waals surface area contributed by atoms with E-state index in [1.54, 1.807) is 31.2 Å². The smallest absolute Gasteiger partial charge is 0.406 e. The molecule has 1 saturated carbocycles. The van der Waals surface area contributed by atoms with Crippen molar-refractivity contribution in [2.75, 3.05) is 10.6 Å². The Hall–Kier alpha value is -3.36. The van der Waals surface area contributed by atoms with Crippen LogP contribution in [-0.4, -0.2) is 22.4 Å². The summed E-state index contributed by atoms with van der Waals surface area (Å²) in [6, 6.07) is 12.1. The van der Waals surface area contributed by atoms with E-state index in [4.69, 9.17) is 0 Å². The van der Waals surface area contributed by atoms with Gasteiger partial charge in [0.25, 0.3) is 0 Å². The van der Waals surface area contributed by atoms with Crippen LogP contribution < -0.4 is 15.4 Å². The Balaban J connectivity index is 1.67. The molecule has 0 atom stereocenters. The number of hydrogen-bond donors (Lipinski definition) is 2. The quantitative estimate of drug-likeness (QED) is 0.495. The number of rotatable bonds is 6. The van der Waals surface area contributed by atoms with Gasteiger partial charge in [-0.3, -0.25) is 0 Å². The molecule has 1 aromatic heterocycles. The van der Waals surface area contributed by atoms with Crippen molar-refractivity contribution in [1.29, 1.82) is 0 Å². The van der Waals surface area contributed by atoms with Gasteiger partial charge in [0.1, 0.15) is 17.4 Å². The zero-order valence-electron chi connectivity index (χ0n) is 15.9. The molecular weight excluding hydrogens is 400 g/mol. The van der Waals surface area contributed by atoms with Crippen molar-refractivity contribution in [3.05, 3.63) is 59.9 Å². The van der Waals surface area contributed by atoms with Crippen molar-refractivity contribution in [1.82, 2.24) is 9.97 Å². The third-order valence-corrected chi connectivity index (χ3v) is 4.43. The highest BCUT2D eigenvalue weighted by molar-refractivity contribution is 5.68. The van der Waals surface area contributed by atoms with E-state index in [1.165, 1.54) is 24.3 Å². The largest absolute Gasteiger partial charge is 0.573 e. The molecule has 0 spiro atoms. The lowest BCUT2D eigenvalue weighted by Gasteiger charge is -2.13. The van der Waals surface area contributed by atoms with Gasteiger partial charge in [-0.25, -0.2) is 9.37 Å². The molecule has 0 aliphatic heterocycles. The van der Waals surface area contributed by atoms with Crippen LogP contribution in [-0.2, 0) is 0 Å². The first kappa shape index (κ1) is 19.9. The van der Waals surface area contributed by atoms with Gasteiger partial charge in [0.15, 0.2) is 0 Å². The second-order valence-corrected chi connectivity index (χ2v) is 7.05. The Kier molecular flexibility index (Phi) is 5.19. The van der Waals surface area contributed by atoms with Crippen LogP contribution in [0.2, 0.25) is 0 Å². The number of hydrogen-bond acceptors (Lipinski definition) is 5. The van der Waals surface area contributed by atoms with Gasteiger partial charge < -0.3 is 15.4 Å². The molecule has 2 N–H and O–H groups in total. The molecule has 156 valence electrons. The van der Waals surface area contributed by atoms with Crippen molar-refractivity contribution in [3.8, 4) is 17.0 Å². The normalized spacial score (nSPS) is 13.8. The van der Waals surface area contributed by atoms with Crippen LogP contribution in [0.15, 0.2) is 48.5 Å². The maximum absolute atomic E-state index is 13.5. The van der Waals surface area contributed by atoms with Crippen LogP contribution in [0.25, 0.3) is 11.3 Å². The zero-order valence-corrected chi connectivity index (χ0v) is 15.9. The molecule has 0 unspecified atom stereocenters. The number of aryl methyl sites for hydroxylation is 1. The SMILES string of the molecule is Cc1cc(Nc2cc(-c3cccc(OC(F)(F)F)c3)nc(NC3CC3)n2)ccc1F. The Morgan fingerprint density at radius 2 is 1.83 bits per heavy atom. The van der Waals surface area contributed by atoms with Gasteiger partial charge in [-0.1, -0.05) is 12.1 Å². The van der Waals surface area contributed by atoms with Gasteiger partial charge in [-0.05, 0) is 55.7 Å². The highest BCUT2D eigenvalue weighted by Crippen LogP contribution is 2.31. The third-order valence-electron chi connectivity index (χ3n) is 4.43. The molecule has 4 rings (SSSR count). The van der Waals surface area contributed by atoms with E-state index < -0.39 is 6.36 Å². The average Bonchev–Trinajstić information content (AvgIpc) is 3.47. The van der Waals surface area contributed by atoms with Crippen LogP contribution >= 0.6 is 0 Å². The third kappa shape index (κ3) is 5.16. The molecule has 1 aliphatic rings. The Morgan fingerprint density at radius 1 is 1.03 bits per heavy atom. The number of anilines is 3. The first-order chi connectivity index (χ1) is 14.2. The molecular formula is C21H18F4N4O. The van der Waals surface area contributed by atoms with Crippen molar-refractivity contribution >= 4 is 17.5 Å². The highest BCUT2D eigenvalue weighted by atomic mass is 19.4. The summed E-state index contributed by atoms with van der Waals surface area (Å²) in [5.41, 5.74) is 1.96. The van der Waals surface area contributed by atoms with Gasteiger partial charge >= 0.3 is 6.36 Å². The summed E-state index contributed by atoms with van der Waals surface area (Å²) in [6.45, 7) is 1.65. The lowest BCUT2D eigenvalue weighted by molar-refractivity contribution is -0.274. The fourth-order valence-corrected chi connectivity index (χ4v) is 2.86. The minimum atomic E-state index is -4.78. The predicted molar refractivity (Wildman–Crippen MR) is 105 cm³/mol. The maximum atomic E-state index is 13.5. The standard InChI is InChI=1S/C21H18F4N4O/c1-12-9-15(7-8-17(12)22)26-19-11-18(28-20(29-19)27-14-5-6-14)13-3-2-4-16(10-13)30-21(23,24)25/h2-4,7-11,14H,5-6H2,1H3,(H2,26,27,28,29). The Bertz CT molecular complexity index is 1070. The molecule has 2 aromatic carbocycles. The molecule has 30 heavy (non-hydrogen) atoms. The molecule has 9 heteroatoms. The number of ether oxygens (including phenoxy) is 1. The van der Waals surface area contributed by atoms with Gasteiger partial charge in [0.05, 0.1) is 5.69 Å². The molecule has 1 fully saturated rings. The summed E-state index contributed by atoms with van der Waals surface area (Å²) < 4.78 is 55.2. The number of alkyl halides is 3. The fraction of sp³-hybridized carbons (Fsp3) is 0.238. The molecule has 0 bridgehead atoms. The second-order valence-electron chi connectivity index (χ2n) is 7.05. The highest BCUT2D eigenvalue weighted by Gasteiger charge is 2.31. The van der Waals surface area contributed by atoms with E-state index in [9.17, 15) is 17.6 Å². The first-order valence-electron chi connectivity index (χ1n) is 9.30. The monoisotopic (exact) mass is 418 g/mol. The number of benzene rings is 2. The molecule has 0 saturated heterocycles. The van der Waals surface area contributed by atoms with E-state index >= 15 is 0 Å². The average molecular weight is 418 g/mol. The number of aromatic nitrogens is 2. The van der Waals surface area contributed by atoms with Crippen LogP contribution in [0, 0.1) is 12.7 Å². The van der Waals surface area contributed by atoms with Gasteiger partial charge in [-0.15, -0.1) is 13.2 Å². The maximum Gasteiger partial charge on any atom is 0.573 e. The first-order valence-corrected chi connectivity index (χ1v) is 9.30. The van der Waals surface area contributed by atoms with Crippen LogP contribution in [0.1, 0.15) is 18.4 Å². The van der Waals surface area contributed by atoms with Crippen molar-refractivity contribution in [2.24, 2.45) is 0 Å². The summed E-state index contributed by atoms with van der Waals surface area (Å²) in [4.78, 5) is 8.87. The van der Waals surface area contributed by atoms with Crippen LogP contribution in [0.4, 0.5) is 35.0 Å². The summed E-state index contributed by atoms with van der Waals surface area (Å²) in [6.07, 6.45) is -2.78. The Morgan fingerprint density at radius 3 is 2.53 bits per heavy atom. The predicted octanol–water partition coefficient (Wildman–Crippen LogP) is 5.81. The molecule has 1 heterocycles. The molecule has 0 radical (unpaired) electrons. The van der Waals surface area contributed by atoms with E-state index in [0.29, 0.717) is 34.3 Å². The van der Waals surface area contributed by atoms with Crippen LogP contribution in [0.5, 0.6) is 5.75 Å². The number of halogens is 4. The molecule has 3 aromatic rings. The lowest BCUT2D eigenvalue weighted by Crippen LogP contribution is -2.17. The van der Waals surface area contributed by atoms with Crippen molar-refractivity contribution < 1.29 is 22.3 Å². The van der Waals surface area contributed by atoms with Gasteiger partial charge in [0, 0.05) is 23.4 Å². The summed E-state index contributed by atoms with van der Waals surface area (Å²) in [5, 5.41) is 6.29. The van der Waals surface area contributed by atoms with Crippen LogP contribution in [0.3, 0.4) is 0 Å². The topological polar surface area (TPSA) is 59.1 Å². The molecule has 5 nitrogen and oxygen atoms in total. The number of nitrogens with zero attached hydrogens (tertiary/aromatic N) is 2. The van der Waals surface area contributed by atoms with E-state index in [0.717, 1.165) is 12.8 Å².